The first kappa shape index (κ1) is 13.7. The Kier molecular flexibility index (Phi) is 4.43. The van der Waals surface area contributed by atoms with Crippen LogP contribution in [0, 0.1) is 0 Å². The molecule has 0 aromatic rings. The molecule has 2 rings (SSSR count). The van der Waals surface area contributed by atoms with Gasteiger partial charge in [0.05, 0.1) is 0 Å². The minimum atomic E-state index is 0.295. The van der Waals surface area contributed by atoms with Gasteiger partial charge in [-0.25, -0.2) is 0 Å². The van der Waals surface area contributed by atoms with Crippen LogP contribution in [0.4, 0.5) is 0 Å². The Bertz CT molecular complexity index is 247. The maximum Gasteiger partial charge on any atom is 0.0253 e. The molecule has 1 aliphatic heterocycles. The van der Waals surface area contributed by atoms with Crippen LogP contribution in [-0.4, -0.2) is 47.1 Å². The average molecular weight is 256 g/mol. The summed E-state index contributed by atoms with van der Waals surface area (Å²) in [5.74, 6) is 0. The Morgan fingerprint density at radius 1 is 1.18 bits per heavy atom. The largest absolute Gasteiger partial charge is 0.309 e. The van der Waals surface area contributed by atoms with Crippen LogP contribution in [-0.2, 0) is 0 Å². The summed E-state index contributed by atoms with van der Waals surface area (Å²) in [6.07, 6.45) is 7.92. The molecule has 0 bridgehead atoms. The second-order valence-electron chi connectivity index (χ2n) is 6.45. The lowest BCUT2D eigenvalue weighted by atomic mass is 9.89. The molecule has 0 radical (unpaired) electrons. The smallest absolute Gasteiger partial charge is 0.0253 e. The molecule has 1 saturated heterocycles. The minimum absolute atomic E-state index is 0.295. The van der Waals surface area contributed by atoms with Crippen molar-refractivity contribution >= 4 is 11.8 Å². The molecule has 0 spiro atoms. The van der Waals surface area contributed by atoms with Crippen LogP contribution in [0.2, 0.25) is 0 Å². The summed E-state index contributed by atoms with van der Waals surface area (Å²) >= 11 is 2.06. The molecule has 2 fully saturated rings. The van der Waals surface area contributed by atoms with Crippen LogP contribution in [0.1, 0.15) is 46.5 Å². The summed E-state index contributed by atoms with van der Waals surface area (Å²) in [6.45, 7) is 9.40. The van der Waals surface area contributed by atoms with Crippen molar-refractivity contribution in [2.45, 2.75) is 69.3 Å². The van der Waals surface area contributed by atoms with Crippen molar-refractivity contribution in [2.75, 3.05) is 19.3 Å². The number of piperazine rings is 1. The first-order chi connectivity index (χ1) is 8.02. The van der Waals surface area contributed by atoms with Gasteiger partial charge in [-0.1, -0.05) is 0 Å². The second kappa shape index (κ2) is 5.50. The maximum absolute atomic E-state index is 3.65. The lowest BCUT2D eigenvalue weighted by Gasteiger charge is -2.48. The number of hydrogen-bond donors (Lipinski definition) is 1. The molecule has 1 unspecified atom stereocenters. The molecule has 2 nitrogen and oxygen atoms in total. The molecule has 17 heavy (non-hydrogen) atoms. The first-order valence-corrected chi connectivity index (χ1v) is 8.34. The number of nitrogens with one attached hydrogen (secondary N) is 1. The molecule has 1 heterocycles. The van der Waals surface area contributed by atoms with E-state index in [0.717, 1.165) is 17.8 Å². The van der Waals surface area contributed by atoms with Gasteiger partial charge in [-0.05, 0) is 52.7 Å². The number of rotatable bonds is 2. The molecule has 1 N–H and O–H groups in total. The van der Waals surface area contributed by atoms with Gasteiger partial charge in [0.15, 0.2) is 0 Å². The van der Waals surface area contributed by atoms with E-state index < -0.39 is 0 Å². The minimum Gasteiger partial charge on any atom is -0.309 e. The van der Waals surface area contributed by atoms with Crippen molar-refractivity contribution < 1.29 is 0 Å². The molecular weight excluding hydrogens is 228 g/mol. The van der Waals surface area contributed by atoms with Crippen molar-refractivity contribution in [1.29, 1.82) is 0 Å². The summed E-state index contributed by atoms with van der Waals surface area (Å²) in [5.41, 5.74) is 0.295. The summed E-state index contributed by atoms with van der Waals surface area (Å²) in [7, 11) is 0. The van der Waals surface area contributed by atoms with E-state index in [-0.39, 0.29) is 0 Å². The highest BCUT2D eigenvalue weighted by atomic mass is 32.2. The van der Waals surface area contributed by atoms with Crippen molar-refractivity contribution in [2.24, 2.45) is 0 Å². The van der Waals surface area contributed by atoms with Crippen LogP contribution < -0.4 is 5.32 Å². The normalized spacial score (nSPS) is 39.2. The van der Waals surface area contributed by atoms with Gasteiger partial charge < -0.3 is 5.32 Å². The Balaban J connectivity index is 1.92. The van der Waals surface area contributed by atoms with E-state index in [1.165, 1.54) is 32.2 Å². The lowest BCUT2D eigenvalue weighted by molar-refractivity contribution is 0.0467. The van der Waals surface area contributed by atoms with Crippen molar-refractivity contribution in [3.8, 4) is 0 Å². The number of thioether (sulfide) groups is 1. The molecule has 1 atom stereocenters. The standard InChI is InChI=1S/C14H28N2S/c1-11-9-15-14(2,3)10-16(11)12-5-7-13(17-4)8-6-12/h11-13,15H,5-10H2,1-4H3. The Morgan fingerprint density at radius 2 is 1.82 bits per heavy atom. The summed E-state index contributed by atoms with van der Waals surface area (Å²) in [6, 6.07) is 1.55. The van der Waals surface area contributed by atoms with E-state index >= 15 is 0 Å². The van der Waals surface area contributed by atoms with Gasteiger partial charge in [0.1, 0.15) is 0 Å². The topological polar surface area (TPSA) is 15.3 Å². The van der Waals surface area contributed by atoms with Crippen molar-refractivity contribution in [1.82, 2.24) is 10.2 Å². The fraction of sp³-hybridized carbons (Fsp3) is 1.00. The van der Waals surface area contributed by atoms with E-state index in [1.54, 1.807) is 0 Å². The van der Waals surface area contributed by atoms with Gasteiger partial charge in [0.25, 0.3) is 0 Å². The molecule has 2 aliphatic rings. The lowest BCUT2D eigenvalue weighted by Crippen LogP contribution is -2.63. The quantitative estimate of drug-likeness (QED) is 0.818. The van der Waals surface area contributed by atoms with Crippen LogP contribution in [0.25, 0.3) is 0 Å². The maximum atomic E-state index is 3.65. The van der Waals surface area contributed by atoms with Gasteiger partial charge in [0, 0.05) is 36.0 Å². The first-order valence-electron chi connectivity index (χ1n) is 7.05. The SMILES string of the molecule is CSC1CCC(N2CC(C)(C)NCC2C)CC1. The van der Waals surface area contributed by atoms with Gasteiger partial charge in [-0.15, -0.1) is 0 Å². The zero-order chi connectivity index (χ0) is 12.5. The van der Waals surface area contributed by atoms with E-state index in [4.69, 9.17) is 0 Å². The van der Waals surface area contributed by atoms with Crippen molar-refractivity contribution in [3.63, 3.8) is 0 Å². The zero-order valence-electron chi connectivity index (χ0n) is 11.8. The summed E-state index contributed by atoms with van der Waals surface area (Å²) in [4.78, 5) is 2.77. The summed E-state index contributed by atoms with van der Waals surface area (Å²) in [5, 5.41) is 4.58. The van der Waals surface area contributed by atoms with Gasteiger partial charge in [-0.2, -0.15) is 11.8 Å². The van der Waals surface area contributed by atoms with Crippen LogP contribution in [0.5, 0.6) is 0 Å². The molecule has 0 amide bonds. The average Bonchev–Trinajstić information content (AvgIpc) is 2.33. The second-order valence-corrected chi connectivity index (χ2v) is 7.59. The van der Waals surface area contributed by atoms with Gasteiger partial charge in [0.2, 0.25) is 0 Å². The highest BCUT2D eigenvalue weighted by molar-refractivity contribution is 7.99. The number of hydrogen-bond acceptors (Lipinski definition) is 3. The summed E-state index contributed by atoms with van der Waals surface area (Å²) < 4.78 is 0. The Morgan fingerprint density at radius 3 is 2.41 bits per heavy atom. The molecular formula is C14H28N2S. The van der Waals surface area contributed by atoms with Crippen molar-refractivity contribution in [3.05, 3.63) is 0 Å². The Hall–Kier alpha value is 0.270. The zero-order valence-corrected chi connectivity index (χ0v) is 12.6. The molecule has 1 aliphatic carbocycles. The van der Waals surface area contributed by atoms with Crippen LogP contribution >= 0.6 is 11.8 Å². The third-order valence-electron chi connectivity index (χ3n) is 4.47. The van der Waals surface area contributed by atoms with Crippen LogP contribution in [0.15, 0.2) is 0 Å². The molecule has 3 heteroatoms. The predicted molar refractivity (Wildman–Crippen MR) is 77.8 cm³/mol. The molecule has 0 aromatic heterocycles. The fourth-order valence-corrected chi connectivity index (χ4v) is 4.05. The van der Waals surface area contributed by atoms with E-state index in [9.17, 15) is 0 Å². The highest BCUT2D eigenvalue weighted by Gasteiger charge is 2.35. The van der Waals surface area contributed by atoms with E-state index in [2.05, 4.69) is 49.0 Å². The van der Waals surface area contributed by atoms with Gasteiger partial charge in [-0.3, -0.25) is 4.90 Å². The third kappa shape index (κ3) is 3.39. The fourth-order valence-electron chi connectivity index (χ4n) is 3.31. The Labute approximate surface area is 111 Å². The number of nitrogens with zero attached hydrogens (tertiary/aromatic N) is 1. The highest BCUT2D eigenvalue weighted by Crippen LogP contribution is 2.32. The third-order valence-corrected chi connectivity index (χ3v) is 5.60. The predicted octanol–water partition coefficient (Wildman–Crippen LogP) is 2.73. The van der Waals surface area contributed by atoms with Gasteiger partial charge >= 0.3 is 0 Å². The van der Waals surface area contributed by atoms with E-state index in [0.29, 0.717) is 11.6 Å². The van der Waals surface area contributed by atoms with E-state index in [1.807, 2.05) is 0 Å². The van der Waals surface area contributed by atoms with Crippen LogP contribution in [0.3, 0.4) is 0 Å². The molecule has 100 valence electrons. The molecule has 1 saturated carbocycles. The monoisotopic (exact) mass is 256 g/mol. The molecule has 0 aromatic carbocycles.